The van der Waals surface area contributed by atoms with Crippen LogP contribution in [-0.4, -0.2) is 25.6 Å². The highest BCUT2D eigenvalue weighted by atomic mass is 127. The first-order valence-electron chi connectivity index (χ1n) is 10.8. The van der Waals surface area contributed by atoms with Gasteiger partial charge < -0.3 is 19.5 Å². The Labute approximate surface area is 221 Å². The van der Waals surface area contributed by atoms with Gasteiger partial charge in [-0.15, -0.1) is 0 Å². The summed E-state index contributed by atoms with van der Waals surface area (Å²) in [4.78, 5) is 24.4. The molecule has 0 aliphatic carbocycles. The molecule has 3 aromatic carbocycles. The molecule has 9 heteroatoms. The van der Waals surface area contributed by atoms with Crippen LogP contribution in [0.2, 0.25) is 0 Å². The van der Waals surface area contributed by atoms with Gasteiger partial charge >= 0.3 is 5.97 Å². The highest BCUT2D eigenvalue weighted by Gasteiger charge is 2.15. The molecule has 36 heavy (non-hydrogen) atoms. The molecule has 3 aromatic rings. The largest absolute Gasteiger partial charge is 0.493 e. The molecule has 3 rings (SSSR count). The summed E-state index contributed by atoms with van der Waals surface area (Å²) in [5.41, 5.74) is 1.57. The number of nitrogens with zero attached hydrogens (tertiary/aromatic N) is 1. The molecule has 1 N–H and O–H groups in total. The van der Waals surface area contributed by atoms with Gasteiger partial charge in [0.05, 0.1) is 22.9 Å². The van der Waals surface area contributed by atoms with Gasteiger partial charge in [0.15, 0.2) is 11.5 Å². The third-order valence-corrected chi connectivity index (χ3v) is 5.71. The number of rotatable bonds is 9. The van der Waals surface area contributed by atoms with Crippen LogP contribution in [0.4, 0.5) is 10.1 Å². The molecule has 0 bridgehead atoms. The van der Waals surface area contributed by atoms with Gasteiger partial charge in [-0.2, -0.15) is 5.26 Å². The maximum Gasteiger partial charge on any atom is 0.338 e. The fraction of sp³-hybridized carbons (Fsp3) is 0.148. The number of methoxy groups -OCH3 is 1. The lowest BCUT2D eigenvalue weighted by molar-refractivity contribution is -0.112. The lowest BCUT2D eigenvalue weighted by Gasteiger charge is -2.14. The molecule has 7 nitrogen and oxygen atoms in total. The van der Waals surface area contributed by atoms with Crippen LogP contribution in [0.3, 0.4) is 0 Å². The van der Waals surface area contributed by atoms with Crippen LogP contribution in [-0.2, 0) is 16.1 Å². The Hall–Kier alpha value is -3.91. The van der Waals surface area contributed by atoms with Crippen LogP contribution in [0, 0.1) is 20.7 Å². The quantitative estimate of drug-likeness (QED) is 0.146. The van der Waals surface area contributed by atoms with E-state index in [0.717, 1.165) is 0 Å². The number of carbonyl (C=O) groups is 2. The summed E-state index contributed by atoms with van der Waals surface area (Å²) in [5, 5.41) is 12.2. The molecule has 1 amide bonds. The normalized spacial score (nSPS) is 10.8. The van der Waals surface area contributed by atoms with Gasteiger partial charge in [-0.1, -0.05) is 18.2 Å². The van der Waals surface area contributed by atoms with E-state index in [1.807, 2.05) is 28.7 Å². The fourth-order valence-corrected chi connectivity index (χ4v) is 3.93. The second-order valence-corrected chi connectivity index (χ2v) is 8.50. The maximum absolute atomic E-state index is 13.9. The first-order valence-corrected chi connectivity index (χ1v) is 11.9. The first-order chi connectivity index (χ1) is 17.4. The van der Waals surface area contributed by atoms with E-state index >= 15 is 0 Å². The van der Waals surface area contributed by atoms with E-state index in [1.54, 1.807) is 49.4 Å². The zero-order valence-corrected chi connectivity index (χ0v) is 21.7. The minimum atomic E-state index is -0.616. The Balaban J connectivity index is 1.77. The maximum atomic E-state index is 13.9. The van der Waals surface area contributed by atoms with Crippen LogP contribution in [0.1, 0.15) is 28.4 Å². The van der Waals surface area contributed by atoms with Gasteiger partial charge in [0, 0.05) is 11.3 Å². The predicted molar refractivity (Wildman–Crippen MR) is 141 cm³/mol. The monoisotopic (exact) mass is 600 g/mol. The molecule has 0 saturated carbocycles. The van der Waals surface area contributed by atoms with Crippen molar-refractivity contribution in [2.24, 2.45) is 0 Å². The standard InChI is InChI=1S/C27H22FIN2O5/c1-3-35-27(33)18-8-10-21(11-9-18)31-26(32)20(15-30)12-17-13-23(29)25(24(14-17)34-2)36-16-19-6-4-5-7-22(19)28/h4-14H,3,16H2,1-2H3,(H,31,32)/b20-12+. The van der Waals surface area contributed by atoms with Gasteiger partial charge in [0.25, 0.3) is 5.91 Å². The van der Waals surface area contributed by atoms with Crippen molar-refractivity contribution in [3.05, 3.63) is 92.3 Å². The minimum Gasteiger partial charge on any atom is -0.493 e. The summed E-state index contributed by atoms with van der Waals surface area (Å²) in [6, 6.07) is 17.7. The summed E-state index contributed by atoms with van der Waals surface area (Å²) < 4.78 is 30.8. The molecule has 0 aliphatic heterocycles. The van der Waals surface area contributed by atoms with Crippen molar-refractivity contribution in [1.29, 1.82) is 5.26 Å². The van der Waals surface area contributed by atoms with Crippen LogP contribution in [0.25, 0.3) is 6.08 Å². The lowest BCUT2D eigenvalue weighted by atomic mass is 10.1. The zero-order chi connectivity index (χ0) is 26.1. The van der Waals surface area contributed by atoms with Gasteiger partial charge in [0.2, 0.25) is 0 Å². The van der Waals surface area contributed by atoms with Crippen LogP contribution < -0.4 is 14.8 Å². The molecule has 0 unspecified atom stereocenters. The number of hydrogen-bond donors (Lipinski definition) is 1. The molecule has 0 fully saturated rings. The highest BCUT2D eigenvalue weighted by Crippen LogP contribution is 2.35. The summed E-state index contributed by atoms with van der Waals surface area (Å²) >= 11 is 2.05. The number of carbonyl (C=O) groups excluding carboxylic acids is 2. The SMILES string of the molecule is CCOC(=O)c1ccc(NC(=O)/C(C#N)=C/c2cc(I)c(OCc3ccccc3F)c(OC)c2)cc1. The number of nitrogens with one attached hydrogen (secondary N) is 1. The number of amides is 1. The smallest absolute Gasteiger partial charge is 0.338 e. The molecule has 0 atom stereocenters. The average Bonchev–Trinajstić information content (AvgIpc) is 2.87. The summed E-state index contributed by atoms with van der Waals surface area (Å²) in [6.07, 6.45) is 1.42. The van der Waals surface area contributed by atoms with E-state index in [-0.39, 0.29) is 24.6 Å². The van der Waals surface area contributed by atoms with Crippen molar-refractivity contribution in [2.75, 3.05) is 19.0 Å². The van der Waals surface area contributed by atoms with Gasteiger partial charge in [-0.05, 0) is 83.6 Å². The third kappa shape index (κ3) is 6.82. The van der Waals surface area contributed by atoms with E-state index in [9.17, 15) is 19.2 Å². The molecule has 184 valence electrons. The van der Waals surface area contributed by atoms with Crippen molar-refractivity contribution < 1.29 is 28.2 Å². The molecule has 0 spiro atoms. The summed E-state index contributed by atoms with van der Waals surface area (Å²) in [5.74, 6) is -0.653. The van der Waals surface area contributed by atoms with Gasteiger partial charge in [-0.25, -0.2) is 9.18 Å². The Morgan fingerprint density at radius 3 is 2.50 bits per heavy atom. The number of anilines is 1. The van der Waals surface area contributed by atoms with Crippen LogP contribution >= 0.6 is 22.6 Å². The van der Waals surface area contributed by atoms with Crippen molar-refractivity contribution in [3.63, 3.8) is 0 Å². The van der Waals surface area contributed by atoms with E-state index in [0.29, 0.717) is 37.4 Å². The summed E-state index contributed by atoms with van der Waals surface area (Å²) in [7, 11) is 1.47. The number of benzene rings is 3. The number of esters is 1. The van der Waals surface area contributed by atoms with Gasteiger partial charge in [0.1, 0.15) is 24.1 Å². The molecule has 0 heterocycles. The van der Waals surface area contributed by atoms with E-state index in [4.69, 9.17) is 14.2 Å². The van der Waals surface area contributed by atoms with Crippen LogP contribution in [0.5, 0.6) is 11.5 Å². The van der Waals surface area contributed by atoms with Crippen molar-refractivity contribution >= 4 is 46.2 Å². The van der Waals surface area contributed by atoms with Crippen molar-refractivity contribution in [1.82, 2.24) is 0 Å². The molecular formula is C27H22FIN2O5. The Morgan fingerprint density at radius 1 is 1.14 bits per heavy atom. The van der Waals surface area contributed by atoms with E-state index < -0.39 is 11.9 Å². The predicted octanol–water partition coefficient (Wildman–Crippen LogP) is 5.74. The van der Waals surface area contributed by atoms with Crippen molar-refractivity contribution in [3.8, 4) is 17.6 Å². The van der Waals surface area contributed by atoms with E-state index in [2.05, 4.69) is 5.32 Å². The Kier molecular flexibility index (Phi) is 9.41. The number of halogens is 2. The average molecular weight is 600 g/mol. The molecule has 0 saturated heterocycles. The van der Waals surface area contributed by atoms with Crippen LogP contribution in [0.15, 0.2) is 66.2 Å². The lowest BCUT2D eigenvalue weighted by Crippen LogP contribution is -2.13. The molecule has 0 aromatic heterocycles. The second-order valence-electron chi connectivity index (χ2n) is 7.34. The topological polar surface area (TPSA) is 97.7 Å². The third-order valence-electron chi connectivity index (χ3n) is 4.91. The molecular weight excluding hydrogens is 578 g/mol. The molecule has 0 radical (unpaired) electrons. The Morgan fingerprint density at radius 2 is 1.86 bits per heavy atom. The zero-order valence-electron chi connectivity index (χ0n) is 19.5. The number of nitriles is 1. The number of hydrogen-bond acceptors (Lipinski definition) is 6. The fourth-order valence-electron chi connectivity index (χ4n) is 3.15. The van der Waals surface area contributed by atoms with Gasteiger partial charge in [-0.3, -0.25) is 4.79 Å². The highest BCUT2D eigenvalue weighted by molar-refractivity contribution is 14.1. The van der Waals surface area contributed by atoms with Crippen molar-refractivity contribution in [2.45, 2.75) is 13.5 Å². The second kappa shape index (κ2) is 12.7. The van der Waals surface area contributed by atoms with E-state index in [1.165, 1.54) is 31.4 Å². The molecule has 0 aliphatic rings. The summed E-state index contributed by atoms with van der Waals surface area (Å²) in [6.45, 7) is 1.98. The first kappa shape index (κ1) is 26.7. The minimum absolute atomic E-state index is 0.00896. The number of ether oxygens (including phenoxy) is 3. The Bertz CT molecular complexity index is 1330.